The molecule has 0 saturated carbocycles. The van der Waals surface area contributed by atoms with Crippen LogP contribution in [0.15, 0.2) is 30.3 Å². The zero-order valence-corrected chi connectivity index (χ0v) is 16.9. The summed E-state index contributed by atoms with van der Waals surface area (Å²) in [7, 11) is 1.91. The molecule has 0 radical (unpaired) electrons. The number of amides is 1. The van der Waals surface area contributed by atoms with Gasteiger partial charge in [0.25, 0.3) is 5.91 Å². The van der Waals surface area contributed by atoms with Crippen LogP contribution in [-0.2, 0) is 7.05 Å². The van der Waals surface area contributed by atoms with Crippen molar-refractivity contribution < 1.29 is 4.79 Å². The number of fused-ring (bicyclic) bond motifs is 1. The van der Waals surface area contributed by atoms with E-state index in [4.69, 9.17) is 11.6 Å². The van der Waals surface area contributed by atoms with E-state index in [-0.39, 0.29) is 24.4 Å². The van der Waals surface area contributed by atoms with Gasteiger partial charge in [0, 0.05) is 37.1 Å². The zero-order valence-electron chi connectivity index (χ0n) is 14.5. The molecule has 2 aromatic heterocycles. The second-order valence-electron chi connectivity index (χ2n) is 6.28. The van der Waals surface area contributed by atoms with Crippen LogP contribution in [0.2, 0.25) is 5.02 Å². The van der Waals surface area contributed by atoms with Crippen LogP contribution in [-0.4, -0.2) is 40.2 Å². The fourth-order valence-corrected chi connectivity index (χ4v) is 4.76. The van der Waals surface area contributed by atoms with Gasteiger partial charge in [-0.1, -0.05) is 29.8 Å². The van der Waals surface area contributed by atoms with Crippen LogP contribution < -0.4 is 5.32 Å². The molecule has 138 valence electrons. The van der Waals surface area contributed by atoms with Gasteiger partial charge in [-0.2, -0.15) is 5.10 Å². The first-order valence-corrected chi connectivity index (χ1v) is 9.45. The molecule has 0 spiro atoms. The normalized spacial score (nSPS) is 17.3. The van der Waals surface area contributed by atoms with Crippen molar-refractivity contribution in [1.29, 1.82) is 0 Å². The Hall–Kier alpha value is -1.60. The van der Waals surface area contributed by atoms with Crippen LogP contribution in [0.1, 0.15) is 27.0 Å². The Kier molecular flexibility index (Phi) is 5.58. The molecule has 1 amide bonds. The van der Waals surface area contributed by atoms with Gasteiger partial charge in [-0.05, 0) is 24.6 Å². The largest absolute Gasteiger partial charge is 0.328 e. The van der Waals surface area contributed by atoms with E-state index in [1.165, 1.54) is 11.3 Å². The van der Waals surface area contributed by atoms with Crippen LogP contribution in [0.4, 0.5) is 0 Å². The van der Waals surface area contributed by atoms with Crippen molar-refractivity contribution in [2.45, 2.75) is 13.0 Å². The van der Waals surface area contributed by atoms with E-state index in [2.05, 4.69) is 10.4 Å². The quantitative estimate of drug-likeness (QED) is 0.698. The third-order valence-electron chi connectivity index (χ3n) is 4.68. The number of piperazine rings is 1. The van der Waals surface area contributed by atoms with Gasteiger partial charge in [0.2, 0.25) is 0 Å². The number of aryl methyl sites for hydroxylation is 2. The van der Waals surface area contributed by atoms with E-state index in [1.807, 2.05) is 53.9 Å². The molecule has 3 heterocycles. The Morgan fingerprint density at radius 1 is 1.38 bits per heavy atom. The van der Waals surface area contributed by atoms with Crippen LogP contribution in [0.5, 0.6) is 0 Å². The number of carbonyl (C=O) groups excluding carboxylic acids is 1. The Morgan fingerprint density at radius 3 is 2.88 bits per heavy atom. The first kappa shape index (κ1) is 19.2. The van der Waals surface area contributed by atoms with Crippen LogP contribution in [0.25, 0.3) is 10.2 Å². The van der Waals surface area contributed by atoms with Gasteiger partial charge in [0.1, 0.15) is 4.83 Å². The van der Waals surface area contributed by atoms with Crippen molar-refractivity contribution in [1.82, 2.24) is 20.0 Å². The summed E-state index contributed by atoms with van der Waals surface area (Å²) in [5, 5.41) is 9.54. The number of aromatic nitrogens is 2. The molecule has 1 atom stereocenters. The highest BCUT2D eigenvalue weighted by Crippen LogP contribution is 2.33. The number of hydrogen-bond donors (Lipinski definition) is 1. The van der Waals surface area contributed by atoms with E-state index in [0.29, 0.717) is 18.1 Å². The summed E-state index contributed by atoms with van der Waals surface area (Å²) in [6.07, 6.45) is 0. The molecule has 8 heteroatoms. The Bertz CT molecular complexity index is 917. The number of benzene rings is 1. The standard InChI is InChI=1S/C18H19ClN4OS.ClH/c1-11-13-9-16(25-18(13)22(2)21-11)17(24)23-8-7-20-10-15(23)12-5-3-4-6-14(12)19;/h3-6,9,15,20H,7-8,10H2,1-2H3;1H. The summed E-state index contributed by atoms with van der Waals surface area (Å²) in [5.74, 6) is 0.0621. The zero-order chi connectivity index (χ0) is 17.6. The molecule has 1 fully saturated rings. The average Bonchev–Trinajstić information content (AvgIpc) is 3.17. The summed E-state index contributed by atoms with van der Waals surface area (Å²) in [6, 6.07) is 9.67. The summed E-state index contributed by atoms with van der Waals surface area (Å²) in [4.78, 5) is 16.9. The van der Waals surface area contributed by atoms with Crippen molar-refractivity contribution in [3.63, 3.8) is 0 Å². The van der Waals surface area contributed by atoms with Gasteiger partial charge < -0.3 is 10.2 Å². The lowest BCUT2D eigenvalue weighted by atomic mass is 10.0. The summed E-state index contributed by atoms with van der Waals surface area (Å²) < 4.78 is 1.84. The lowest BCUT2D eigenvalue weighted by Crippen LogP contribution is -2.48. The minimum Gasteiger partial charge on any atom is -0.328 e. The highest BCUT2D eigenvalue weighted by Gasteiger charge is 2.31. The lowest BCUT2D eigenvalue weighted by molar-refractivity contribution is 0.0639. The first-order valence-electron chi connectivity index (χ1n) is 8.25. The second kappa shape index (κ2) is 7.56. The molecular formula is C18H20Cl2N4OS. The SMILES string of the molecule is Cc1nn(C)c2sc(C(=O)N3CCNCC3c3ccccc3Cl)cc12.Cl. The monoisotopic (exact) mass is 410 g/mol. The lowest BCUT2D eigenvalue weighted by Gasteiger charge is -2.36. The number of halogens is 2. The maximum absolute atomic E-state index is 13.2. The number of nitrogens with one attached hydrogen (secondary N) is 1. The fourth-order valence-electron chi connectivity index (χ4n) is 3.42. The van der Waals surface area contributed by atoms with E-state index in [9.17, 15) is 4.79 Å². The summed E-state index contributed by atoms with van der Waals surface area (Å²) in [5.41, 5.74) is 1.94. The van der Waals surface area contributed by atoms with Gasteiger partial charge in [-0.25, -0.2) is 0 Å². The molecule has 0 bridgehead atoms. The van der Waals surface area contributed by atoms with Gasteiger partial charge in [-0.15, -0.1) is 23.7 Å². The van der Waals surface area contributed by atoms with Crippen molar-refractivity contribution >= 4 is 51.5 Å². The molecule has 1 aliphatic rings. The molecule has 1 saturated heterocycles. The highest BCUT2D eigenvalue weighted by atomic mass is 35.5. The predicted octanol–water partition coefficient (Wildman–Crippen LogP) is 3.81. The third kappa shape index (κ3) is 3.22. The minimum absolute atomic E-state index is 0. The number of rotatable bonds is 2. The molecule has 4 rings (SSSR count). The topological polar surface area (TPSA) is 50.2 Å². The van der Waals surface area contributed by atoms with Gasteiger partial charge in [0.15, 0.2) is 0 Å². The smallest absolute Gasteiger partial charge is 0.264 e. The van der Waals surface area contributed by atoms with E-state index in [1.54, 1.807) is 0 Å². The van der Waals surface area contributed by atoms with Crippen molar-refractivity contribution in [3.8, 4) is 0 Å². The molecule has 1 aliphatic heterocycles. The molecule has 26 heavy (non-hydrogen) atoms. The summed E-state index contributed by atoms with van der Waals surface area (Å²) in [6.45, 7) is 4.14. The minimum atomic E-state index is -0.0561. The first-order chi connectivity index (χ1) is 12.1. The molecule has 1 aromatic carbocycles. The van der Waals surface area contributed by atoms with E-state index in [0.717, 1.165) is 32.9 Å². The molecular weight excluding hydrogens is 391 g/mol. The number of thiophene rings is 1. The Balaban J connectivity index is 0.00000196. The molecule has 3 aromatic rings. The number of carbonyl (C=O) groups is 1. The van der Waals surface area contributed by atoms with Crippen molar-refractivity contribution in [2.75, 3.05) is 19.6 Å². The second-order valence-corrected chi connectivity index (χ2v) is 7.72. The Morgan fingerprint density at radius 2 is 2.15 bits per heavy atom. The summed E-state index contributed by atoms with van der Waals surface area (Å²) >= 11 is 7.89. The van der Waals surface area contributed by atoms with Crippen molar-refractivity contribution in [3.05, 3.63) is 51.5 Å². The maximum Gasteiger partial charge on any atom is 0.264 e. The maximum atomic E-state index is 13.2. The average molecular weight is 411 g/mol. The van der Waals surface area contributed by atoms with Gasteiger partial charge in [0.05, 0.1) is 16.6 Å². The molecule has 5 nitrogen and oxygen atoms in total. The van der Waals surface area contributed by atoms with Gasteiger partial charge >= 0.3 is 0 Å². The van der Waals surface area contributed by atoms with Gasteiger partial charge in [-0.3, -0.25) is 9.48 Å². The number of nitrogens with zero attached hydrogens (tertiary/aromatic N) is 3. The van der Waals surface area contributed by atoms with Crippen LogP contribution in [0, 0.1) is 6.92 Å². The Labute approximate surface area is 167 Å². The molecule has 0 aliphatic carbocycles. The fraction of sp³-hybridized carbons (Fsp3) is 0.333. The van der Waals surface area contributed by atoms with E-state index >= 15 is 0 Å². The van der Waals surface area contributed by atoms with Crippen LogP contribution >= 0.6 is 35.3 Å². The molecule has 1 N–H and O–H groups in total. The molecule has 1 unspecified atom stereocenters. The number of hydrogen-bond acceptors (Lipinski definition) is 4. The predicted molar refractivity (Wildman–Crippen MR) is 109 cm³/mol. The van der Waals surface area contributed by atoms with E-state index < -0.39 is 0 Å². The van der Waals surface area contributed by atoms with Crippen molar-refractivity contribution in [2.24, 2.45) is 7.05 Å². The third-order valence-corrected chi connectivity index (χ3v) is 6.21. The van der Waals surface area contributed by atoms with Crippen LogP contribution in [0.3, 0.4) is 0 Å². The highest BCUT2D eigenvalue weighted by molar-refractivity contribution is 7.20.